The van der Waals surface area contributed by atoms with Gasteiger partial charge in [-0.1, -0.05) is 23.4 Å². The number of anilines is 1. The van der Waals surface area contributed by atoms with Gasteiger partial charge in [-0.15, -0.1) is 0 Å². The maximum Gasteiger partial charge on any atom is 0.216 e. The van der Waals surface area contributed by atoms with Crippen LogP contribution in [0.4, 0.5) is 5.82 Å². The van der Waals surface area contributed by atoms with E-state index in [4.69, 9.17) is 27.8 Å². The number of aliphatic imine (C=N–C) groups is 1. The number of likely N-dealkylation sites (tertiary alicyclic amines) is 1. The number of rotatable bonds is 4. The van der Waals surface area contributed by atoms with Gasteiger partial charge in [0.2, 0.25) is 12.4 Å². The summed E-state index contributed by atoms with van der Waals surface area (Å²) in [5.74, 6) is 1.15. The minimum Gasteiger partial charge on any atom is -0.383 e. The first-order valence-electron chi connectivity index (χ1n) is 9.49. The third kappa shape index (κ3) is 4.96. The lowest BCUT2D eigenvalue weighted by Gasteiger charge is -2.40. The third-order valence-electron chi connectivity index (χ3n) is 5.49. The number of guanidine groups is 1. The van der Waals surface area contributed by atoms with Crippen LogP contribution in [0.2, 0.25) is 5.02 Å². The molecular formula is C19H27ClN6O2S. The Kier molecular flexibility index (Phi) is 6.92. The molecule has 2 aliphatic rings. The second-order valence-corrected chi connectivity index (χ2v) is 9.10. The van der Waals surface area contributed by atoms with Crippen LogP contribution in [0.3, 0.4) is 0 Å². The molecule has 2 fully saturated rings. The highest BCUT2D eigenvalue weighted by atomic mass is 35.5. The number of piperidine rings is 1. The second-order valence-electron chi connectivity index (χ2n) is 7.47. The molecule has 0 saturated carbocycles. The number of ether oxygens (including phenoxy) is 1. The zero-order valence-corrected chi connectivity index (χ0v) is 18.3. The fraction of sp³-hybridized carbons (Fsp3) is 0.526. The molecule has 0 atom stereocenters. The van der Waals surface area contributed by atoms with Crippen molar-refractivity contribution in [3.05, 3.63) is 28.0 Å². The Balaban J connectivity index is 1.79. The lowest BCUT2D eigenvalue weighted by molar-refractivity contribution is -0.114. The summed E-state index contributed by atoms with van der Waals surface area (Å²) in [6, 6.07) is 1.77. The van der Waals surface area contributed by atoms with Gasteiger partial charge in [0.25, 0.3) is 0 Å². The number of halogens is 1. The molecule has 0 unspecified atom stereocenters. The molecule has 3 heterocycles. The topological polar surface area (TPSA) is 110 Å². The van der Waals surface area contributed by atoms with Crippen molar-refractivity contribution in [3.63, 3.8) is 0 Å². The second kappa shape index (κ2) is 9.23. The molecule has 10 heteroatoms. The number of pyridine rings is 1. The van der Waals surface area contributed by atoms with Crippen LogP contribution in [-0.2, 0) is 9.53 Å². The predicted octanol–water partition coefficient (Wildman–Crippen LogP) is 2.50. The Labute approximate surface area is 180 Å². The predicted molar refractivity (Wildman–Crippen MR) is 116 cm³/mol. The standard InChI is InChI=1S/C19H27ClN6O2S/c1-13(29-14-3-7-23-17(22)15(14)20)16(21)24-18(25(2)12-27)26-8-4-19(5-9-26)6-10-28-11-19/h3,7,12H,4-6,8-11,21H2,1-2H3,(H2,22,23)/b16-13+,24-18+. The molecule has 1 aromatic rings. The van der Waals surface area contributed by atoms with Crippen LogP contribution < -0.4 is 11.5 Å². The smallest absolute Gasteiger partial charge is 0.216 e. The average molecular weight is 439 g/mol. The molecule has 0 bridgehead atoms. The summed E-state index contributed by atoms with van der Waals surface area (Å²) >= 11 is 7.59. The monoisotopic (exact) mass is 438 g/mol. The molecule has 0 aliphatic carbocycles. The summed E-state index contributed by atoms with van der Waals surface area (Å²) in [6.45, 7) is 5.14. The van der Waals surface area contributed by atoms with Gasteiger partial charge in [-0.05, 0) is 37.7 Å². The van der Waals surface area contributed by atoms with Gasteiger partial charge in [0.05, 0.1) is 11.6 Å². The fourth-order valence-electron chi connectivity index (χ4n) is 3.57. The average Bonchev–Trinajstić information content (AvgIpc) is 3.17. The Hall–Kier alpha value is -1.97. The molecule has 1 spiro atoms. The van der Waals surface area contributed by atoms with Crippen LogP contribution in [-0.4, -0.2) is 60.5 Å². The summed E-state index contributed by atoms with van der Waals surface area (Å²) in [4.78, 5) is 25.1. The van der Waals surface area contributed by atoms with Crippen LogP contribution in [0, 0.1) is 5.41 Å². The number of nitrogens with zero attached hydrogens (tertiary/aromatic N) is 4. The molecule has 1 aromatic heterocycles. The van der Waals surface area contributed by atoms with E-state index in [0.717, 1.165) is 61.8 Å². The summed E-state index contributed by atoms with van der Waals surface area (Å²) in [5, 5.41) is 0.388. The van der Waals surface area contributed by atoms with Crippen molar-refractivity contribution >= 4 is 41.6 Å². The zero-order chi connectivity index (χ0) is 21.0. The van der Waals surface area contributed by atoms with Crippen molar-refractivity contribution in [2.75, 3.05) is 39.1 Å². The highest BCUT2D eigenvalue weighted by molar-refractivity contribution is 8.03. The number of carbonyl (C=O) groups is 1. The highest BCUT2D eigenvalue weighted by Crippen LogP contribution is 2.39. The number of amides is 1. The van der Waals surface area contributed by atoms with Gasteiger partial charge in [0, 0.05) is 42.7 Å². The van der Waals surface area contributed by atoms with E-state index >= 15 is 0 Å². The molecule has 1 amide bonds. The van der Waals surface area contributed by atoms with Gasteiger partial charge < -0.3 is 21.1 Å². The van der Waals surface area contributed by atoms with Crippen LogP contribution in [0.25, 0.3) is 0 Å². The quantitative estimate of drug-likeness (QED) is 0.321. The van der Waals surface area contributed by atoms with Crippen LogP contribution in [0.5, 0.6) is 0 Å². The van der Waals surface area contributed by atoms with E-state index in [1.54, 1.807) is 19.3 Å². The van der Waals surface area contributed by atoms with E-state index in [-0.39, 0.29) is 11.2 Å². The molecule has 0 radical (unpaired) electrons. The number of nitrogens with two attached hydrogens (primary N) is 2. The van der Waals surface area contributed by atoms with Crippen LogP contribution in [0.15, 0.2) is 32.9 Å². The molecule has 2 saturated heterocycles. The van der Waals surface area contributed by atoms with Crippen LogP contribution in [0.1, 0.15) is 26.2 Å². The van der Waals surface area contributed by atoms with Crippen LogP contribution >= 0.6 is 23.4 Å². The highest BCUT2D eigenvalue weighted by Gasteiger charge is 2.39. The Morgan fingerprint density at radius 1 is 1.45 bits per heavy atom. The Morgan fingerprint density at radius 3 is 2.79 bits per heavy atom. The van der Waals surface area contributed by atoms with Gasteiger partial charge in [0.1, 0.15) is 11.6 Å². The Morgan fingerprint density at radius 2 is 2.17 bits per heavy atom. The lowest BCUT2D eigenvalue weighted by Crippen LogP contribution is -2.48. The van der Waals surface area contributed by atoms with Crippen molar-refractivity contribution in [1.82, 2.24) is 14.8 Å². The van der Waals surface area contributed by atoms with Gasteiger partial charge in [-0.2, -0.15) is 4.99 Å². The number of aromatic nitrogens is 1. The van der Waals surface area contributed by atoms with Gasteiger partial charge in [0.15, 0.2) is 0 Å². The number of carbonyl (C=O) groups excluding carboxylic acids is 1. The minimum atomic E-state index is 0.269. The first kappa shape index (κ1) is 21.7. The molecule has 29 heavy (non-hydrogen) atoms. The Bertz CT molecular complexity index is 815. The maximum absolute atomic E-state index is 11.5. The van der Waals surface area contributed by atoms with Crippen molar-refractivity contribution in [2.45, 2.75) is 31.1 Å². The van der Waals surface area contributed by atoms with Crippen molar-refractivity contribution in [1.29, 1.82) is 0 Å². The van der Waals surface area contributed by atoms with Gasteiger partial charge in [-0.25, -0.2) is 4.98 Å². The number of hydrogen-bond donors (Lipinski definition) is 2. The van der Waals surface area contributed by atoms with Gasteiger partial charge >= 0.3 is 0 Å². The SMILES string of the molecule is C/C(Sc1ccnc(N)c1Cl)=C(N)\N=C(/N(C)C=O)N1CCC2(CCOC2)CC1. The van der Waals surface area contributed by atoms with E-state index in [1.165, 1.54) is 16.7 Å². The number of hydrogen-bond acceptors (Lipinski definition) is 7. The molecule has 0 aromatic carbocycles. The number of nitrogen functional groups attached to an aromatic ring is 1. The fourth-order valence-corrected chi connectivity index (χ4v) is 4.60. The number of thioether (sulfide) groups is 1. The van der Waals surface area contributed by atoms with Crippen molar-refractivity contribution in [3.8, 4) is 0 Å². The molecule has 8 nitrogen and oxygen atoms in total. The number of allylic oxidation sites excluding steroid dienone is 1. The van der Waals surface area contributed by atoms with E-state index in [1.807, 2.05) is 6.92 Å². The molecule has 4 N–H and O–H groups in total. The molecule has 3 rings (SSSR count). The summed E-state index contributed by atoms with van der Waals surface area (Å²) in [5.41, 5.74) is 12.3. The van der Waals surface area contributed by atoms with E-state index in [9.17, 15) is 4.79 Å². The normalized spacial score (nSPS) is 20.0. The minimum absolute atomic E-state index is 0.269. The van der Waals surface area contributed by atoms with Crippen molar-refractivity contribution in [2.24, 2.45) is 16.1 Å². The first-order valence-corrected chi connectivity index (χ1v) is 10.7. The maximum atomic E-state index is 11.5. The molecule has 2 aliphatic heterocycles. The van der Waals surface area contributed by atoms with Crippen molar-refractivity contribution < 1.29 is 9.53 Å². The molecule has 158 valence electrons. The van der Waals surface area contributed by atoms with Gasteiger partial charge in [-0.3, -0.25) is 9.69 Å². The van der Waals surface area contributed by atoms with E-state index < -0.39 is 0 Å². The summed E-state index contributed by atoms with van der Waals surface area (Å²) < 4.78 is 5.60. The van der Waals surface area contributed by atoms with E-state index in [0.29, 0.717) is 16.8 Å². The summed E-state index contributed by atoms with van der Waals surface area (Å²) in [7, 11) is 1.69. The largest absolute Gasteiger partial charge is 0.383 e. The molecular weight excluding hydrogens is 412 g/mol. The lowest BCUT2D eigenvalue weighted by atomic mass is 9.78. The zero-order valence-electron chi connectivity index (χ0n) is 16.7. The third-order valence-corrected chi connectivity index (χ3v) is 7.08. The van der Waals surface area contributed by atoms with E-state index in [2.05, 4.69) is 14.9 Å². The summed E-state index contributed by atoms with van der Waals surface area (Å²) in [6.07, 6.45) is 5.48. The first-order chi connectivity index (χ1) is 13.8.